The van der Waals surface area contributed by atoms with Crippen molar-refractivity contribution < 1.29 is 24.2 Å². The van der Waals surface area contributed by atoms with Gasteiger partial charge in [-0.1, -0.05) is 26.7 Å². The monoisotopic (exact) mass is 362 g/mol. The summed E-state index contributed by atoms with van der Waals surface area (Å²) < 4.78 is 3.34. The van der Waals surface area contributed by atoms with Crippen LogP contribution < -0.4 is 0 Å². The molecule has 3 heteroatoms. The topological polar surface area (TPSA) is 0 Å². The van der Waals surface area contributed by atoms with Gasteiger partial charge < -0.3 is 0 Å². The molecule has 18 heavy (non-hydrogen) atoms. The van der Waals surface area contributed by atoms with Crippen LogP contribution in [0.15, 0.2) is 35.5 Å². The van der Waals surface area contributed by atoms with Crippen LogP contribution in [0.4, 0.5) is 0 Å². The fourth-order valence-corrected chi connectivity index (χ4v) is 1.39. The average Bonchev–Trinajstić information content (AvgIpc) is 3.05. The fourth-order valence-electron chi connectivity index (χ4n) is 1.39. The predicted octanol–water partition coefficient (Wildman–Crippen LogP) is 4.98. The molecule has 0 spiro atoms. The predicted molar refractivity (Wildman–Crippen MR) is 83.2 cm³/mol. The molecule has 0 unspecified atom stereocenters. The van der Waals surface area contributed by atoms with E-state index in [4.69, 9.17) is 0 Å². The van der Waals surface area contributed by atoms with Gasteiger partial charge in [0.1, 0.15) is 0 Å². The summed E-state index contributed by atoms with van der Waals surface area (Å²) in [6.07, 6.45) is 19.3. The molecule has 0 saturated carbocycles. The number of allylic oxidation sites excluding steroid dienone is 8. The van der Waals surface area contributed by atoms with Crippen LogP contribution in [0.5, 0.6) is 0 Å². The Hall–Kier alpha value is 0.293. The van der Waals surface area contributed by atoms with Gasteiger partial charge in [0, 0.05) is 0 Å². The van der Waals surface area contributed by atoms with E-state index >= 15 is 0 Å². The fraction of sp³-hybridized carbons (Fsp3) is 0.400. The summed E-state index contributed by atoms with van der Waals surface area (Å²) in [6.45, 7) is 4.30. The van der Waals surface area contributed by atoms with E-state index in [2.05, 4.69) is 54.5 Å². The van der Waals surface area contributed by atoms with Gasteiger partial charge in [0.05, 0.1) is 0 Å². The van der Waals surface area contributed by atoms with Crippen molar-refractivity contribution in [2.45, 2.75) is 39.5 Å². The summed E-state index contributed by atoms with van der Waals surface area (Å²) in [6, 6.07) is 0. The molecule has 100 valence electrons. The standard InChI is InChI=1S/2C7H9.CH2.2ClH.Zr/c2*1-2-7-5-3-4-6-7;;;;/h2*3,5H,2,4H2,1H3;1H2;2*1H;/q2*-1;;;;+2. The third-order valence-corrected chi connectivity index (χ3v) is 2.29. The number of hydrogen-bond donors (Lipinski definition) is 0. The molecule has 0 aromatic heterocycles. The molecule has 0 atom stereocenters. The SMILES string of the molecule is CCC1=[C-]CC=C1.CCC1=[C-]CC=C1.Cl.Cl.[CH2]=[Zr+2]. The second kappa shape index (κ2) is 17.3. The summed E-state index contributed by atoms with van der Waals surface area (Å²) in [5.74, 6) is 0. The molecule has 0 radical (unpaired) electrons. The van der Waals surface area contributed by atoms with E-state index in [1.54, 1.807) is 0 Å². The molecule has 0 aromatic carbocycles. The molecule has 2 rings (SSSR count). The van der Waals surface area contributed by atoms with Crippen molar-refractivity contribution in [1.29, 1.82) is 0 Å². The second-order valence-electron chi connectivity index (χ2n) is 3.32. The van der Waals surface area contributed by atoms with Gasteiger partial charge in [0.15, 0.2) is 0 Å². The molecule has 0 N–H and O–H groups in total. The van der Waals surface area contributed by atoms with Crippen LogP contribution in [0.3, 0.4) is 0 Å². The first-order chi connectivity index (χ1) is 7.86. The summed E-state index contributed by atoms with van der Waals surface area (Å²) in [5.41, 5.74) is 2.72. The van der Waals surface area contributed by atoms with E-state index < -0.39 is 0 Å². The van der Waals surface area contributed by atoms with Crippen LogP contribution >= 0.6 is 24.8 Å². The van der Waals surface area contributed by atoms with E-state index in [-0.39, 0.29) is 24.8 Å². The third-order valence-electron chi connectivity index (χ3n) is 2.29. The summed E-state index contributed by atoms with van der Waals surface area (Å²) in [4.78, 5) is 0. The van der Waals surface area contributed by atoms with Crippen molar-refractivity contribution in [3.8, 4) is 0 Å². The van der Waals surface area contributed by atoms with Gasteiger partial charge in [0.2, 0.25) is 0 Å². The Morgan fingerprint density at radius 3 is 1.39 bits per heavy atom. The molecule has 0 heterocycles. The van der Waals surface area contributed by atoms with Crippen LogP contribution in [0, 0.1) is 12.2 Å². The van der Waals surface area contributed by atoms with Crippen molar-refractivity contribution in [3.63, 3.8) is 0 Å². The van der Waals surface area contributed by atoms with Gasteiger partial charge in [-0.05, 0) is 0 Å². The second-order valence-corrected chi connectivity index (χ2v) is 3.32. The van der Waals surface area contributed by atoms with E-state index in [0.717, 1.165) is 25.7 Å². The Balaban J connectivity index is -0.000000200. The first-order valence-electron chi connectivity index (χ1n) is 5.74. The maximum atomic E-state index is 3.34. The van der Waals surface area contributed by atoms with Crippen LogP contribution in [0.2, 0.25) is 0 Å². The molecular weight excluding hydrogens is 342 g/mol. The van der Waals surface area contributed by atoms with Crippen molar-refractivity contribution in [1.82, 2.24) is 0 Å². The number of halogens is 2. The molecular formula is C15H22Cl2Zr. The van der Waals surface area contributed by atoms with Gasteiger partial charge in [-0.25, -0.2) is 23.3 Å². The molecule has 0 bridgehead atoms. The Kier molecular flexibility index (Phi) is 22.5. The normalized spacial score (nSPS) is 14.0. The molecule has 2 aliphatic rings. The Bertz CT molecular complexity index is 272. The zero-order valence-corrected chi connectivity index (χ0v) is 15.3. The van der Waals surface area contributed by atoms with Gasteiger partial charge in [-0.15, -0.1) is 37.7 Å². The molecule has 2 aliphatic carbocycles. The first-order valence-corrected chi connectivity index (χ1v) is 7.48. The van der Waals surface area contributed by atoms with E-state index in [0.29, 0.717) is 0 Å². The van der Waals surface area contributed by atoms with Gasteiger partial charge in [-0.2, -0.15) is 12.2 Å². The summed E-state index contributed by atoms with van der Waals surface area (Å²) in [7, 11) is 0. The summed E-state index contributed by atoms with van der Waals surface area (Å²) >= 11 is 1.30. The van der Waals surface area contributed by atoms with Crippen LogP contribution in [-0.2, 0) is 24.2 Å². The zero-order valence-electron chi connectivity index (χ0n) is 11.2. The quantitative estimate of drug-likeness (QED) is 0.606. The minimum atomic E-state index is 0. The van der Waals surface area contributed by atoms with E-state index in [1.807, 2.05) is 0 Å². The maximum absolute atomic E-state index is 3.34. The Morgan fingerprint density at radius 2 is 1.28 bits per heavy atom. The van der Waals surface area contributed by atoms with Crippen LogP contribution in [0.25, 0.3) is 0 Å². The van der Waals surface area contributed by atoms with Gasteiger partial charge >= 0.3 is 28.4 Å². The van der Waals surface area contributed by atoms with Crippen molar-refractivity contribution in [3.05, 3.63) is 47.6 Å². The molecule has 0 saturated heterocycles. The van der Waals surface area contributed by atoms with E-state index in [1.165, 1.54) is 35.4 Å². The van der Waals surface area contributed by atoms with Crippen molar-refractivity contribution in [2.24, 2.45) is 0 Å². The zero-order chi connectivity index (χ0) is 12.2. The molecule has 0 amide bonds. The molecule has 0 nitrogen and oxygen atoms in total. The van der Waals surface area contributed by atoms with E-state index in [9.17, 15) is 0 Å². The van der Waals surface area contributed by atoms with Gasteiger partial charge in [0.25, 0.3) is 0 Å². The summed E-state index contributed by atoms with van der Waals surface area (Å²) in [5, 5.41) is 0. The number of rotatable bonds is 2. The number of hydrogen-bond acceptors (Lipinski definition) is 0. The van der Waals surface area contributed by atoms with Crippen LogP contribution in [-0.4, -0.2) is 4.21 Å². The average molecular weight is 364 g/mol. The first kappa shape index (κ1) is 23.4. The Morgan fingerprint density at radius 1 is 0.944 bits per heavy atom. The van der Waals surface area contributed by atoms with Crippen molar-refractivity contribution in [2.75, 3.05) is 0 Å². The molecule has 0 fully saturated rings. The molecule has 0 aromatic rings. The van der Waals surface area contributed by atoms with Crippen LogP contribution in [0.1, 0.15) is 39.5 Å². The minimum absolute atomic E-state index is 0. The Labute approximate surface area is 139 Å². The third kappa shape index (κ3) is 11.4. The van der Waals surface area contributed by atoms with Gasteiger partial charge in [-0.3, -0.25) is 12.2 Å². The molecule has 0 aliphatic heterocycles. The van der Waals surface area contributed by atoms with Crippen molar-refractivity contribution >= 4 is 29.0 Å².